The van der Waals surface area contributed by atoms with E-state index in [0.717, 1.165) is 30.8 Å². The molecule has 2 nitrogen and oxygen atoms in total. The van der Waals surface area contributed by atoms with Crippen LogP contribution in [0.2, 0.25) is 0 Å². The molecule has 0 saturated carbocycles. The van der Waals surface area contributed by atoms with Crippen LogP contribution in [0.25, 0.3) is 0 Å². The summed E-state index contributed by atoms with van der Waals surface area (Å²) in [5, 5.41) is 3.21. The molecule has 1 aromatic rings. The van der Waals surface area contributed by atoms with Gasteiger partial charge < -0.3 is 10.2 Å². The molecule has 1 heterocycles. The molecule has 1 aliphatic rings. The third kappa shape index (κ3) is 2.69. The minimum atomic E-state index is -0.0898. The molecule has 20 heavy (non-hydrogen) atoms. The fraction of sp³-hybridized carbons (Fsp3) is 0.647. The molecule has 0 bridgehead atoms. The monoisotopic (exact) mass is 278 g/mol. The van der Waals surface area contributed by atoms with Crippen LogP contribution in [0.4, 0.5) is 10.1 Å². The van der Waals surface area contributed by atoms with E-state index in [9.17, 15) is 4.39 Å². The van der Waals surface area contributed by atoms with Gasteiger partial charge in [0.25, 0.3) is 0 Å². The highest BCUT2D eigenvalue weighted by Crippen LogP contribution is 2.43. The summed E-state index contributed by atoms with van der Waals surface area (Å²) in [7, 11) is 0. The average Bonchev–Trinajstić information content (AvgIpc) is 2.36. The van der Waals surface area contributed by atoms with Crippen LogP contribution < -0.4 is 10.2 Å². The van der Waals surface area contributed by atoms with Gasteiger partial charge in [0.15, 0.2) is 0 Å². The second-order valence-electron chi connectivity index (χ2n) is 6.44. The van der Waals surface area contributed by atoms with Gasteiger partial charge in [-0.1, -0.05) is 13.8 Å². The summed E-state index contributed by atoms with van der Waals surface area (Å²) >= 11 is 0. The van der Waals surface area contributed by atoms with Crippen molar-refractivity contribution >= 4 is 5.69 Å². The van der Waals surface area contributed by atoms with E-state index in [4.69, 9.17) is 0 Å². The van der Waals surface area contributed by atoms with Crippen LogP contribution in [0.1, 0.15) is 58.1 Å². The average molecular weight is 278 g/mol. The van der Waals surface area contributed by atoms with Crippen molar-refractivity contribution in [1.29, 1.82) is 0 Å². The van der Waals surface area contributed by atoms with E-state index in [2.05, 4.69) is 44.0 Å². The highest BCUT2D eigenvalue weighted by atomic mass is 19.1. The number of rotatable bonds is 4. The quantitative estimate of drug-likeness (QED) is 0.894. The SMILES string of the molecule is CCNCc1cc2c(cc1F)N(CC)C(C)(C)C[C@H]2C. The Morgan fingerprint density at radius 3 is 2.65 bits per heavy atom. The lowest BCUT2D eigenvalue weighted by atomic mass is 9.79. The van der Waals surface area contributed by atoms with Crippen molar-refractivity contribution in [2.75, 3.05) is 18.0 Å². The lowest BCUT2D eigenvalue weighted by Gasteiger charge is -2.47. The maximum atomic E-state index is 14.3. The minimum absolute atomic E-state index is 0.0898. The maximum Gasteiger partial charge on any atom is 0.129 e. The van der Waals surface area contributed by atoms with Crippen LogP contribution >= 0.6 is 0 Å². The van der Waals surface area contributed by atoms with Crippen LogP contribution in [-0.4, -0.2) is 18.6 Å². The molecule has 0 spiro atoms. The first-order valence-corrected chi connectivity index (χ1v) is 7.71. The number of nitrogens with zero attached hydrogens (tertiary/aromatic N) is 1. The van der Waals surface area contributed by atoms with Crippen molar-refractivity contribution in [2.24, 2.45) is 0 Å². The molecule has 112 valence electrons. The van der Waals surface area contributed by atoms with Crippen molar-refractivity contribution in [3.05, 3.63) is 29.1 Å². The number of hydrogen-bond acceptors (Lipinski definition) is 2. The number of benzene rings is 1. The van der Waals surface area contributed by atoms with E-state index in [1.165, 1.54) is 5.56 Å². The van der Waals surface area contributed by atoms with Gasteiger partial charge in [0.05, 0.1) is 0 Å². The highest BCUT2D eigenvalue weighted by molar-refractivity contribution is 5.61. The van der Waals surface area contributed by atoms with E-state index in [0.29, 0.717) is 12.5 Å². The van der Waals surface area contributed by atoms with Gasteiger partial charge in [-0.05, 0) is 57.4 Å². The van der Waals surface area contributed by atoms with Gasteiger partial charge in [-0.3, -0.25) is 0 Å². The molecule has 1 aliphatic heterocycles. The Balaban J connectivity index is 2.46. The summed E-state index contributed by atoms with van der Waals surface area (Å²) in [6, 6.07) is 3.80. The smallest absolute Gasteiger partial charge is 0.129 e. The van der Waals surface area contributed by atoms with Gasteiger partial charge in [-0.15, -0.1) is 0 Å². The van der Waals surface area contributed by atoms with E-state index in [1.807, 2.05) is 6.92 Å². The first kappa shape index (κ1) is 15.3. The number of fused-ring (bicyclic) bond motifs is 1. The summed E-state index contributed by atoms with van der Waals surface area (Å²) < 4.78 is 14.3. The van der Waals surface area contributed by atoms with Crippen molar-refractivity contribution in [1.82, 2.24) is 5.32 Å². The molecule has 3 heteroatoms. The summed E-state index contributed by atoms with van der Waals surface area (Å²) in [5.74, 6) is 0.386. The van der Waals surface area contributed by atoms with E-state index in [-0.39, 0.29) is 11.4 Å². The Bertz CT molecular complexity index is 482. The number of hydrogen-bond donors (Lipinski definition) is 1. The second-order valence-corrected chi connectivity index (χ2v) is 6.44. The zero-order chi connectivity index (χ0) is 14.9. The Kier molecular flexibility index (Phi) is 4.38. The van der Waals surface area contributed by atoms with Crippen molar-refractivity contribution in [3.8, 4) is 0 Å². The largest absolute Gasteiger partial charge is 0.366 e. The van der Waals surface area contributed by atoms with Gasteiger partial charge in [0.2, 0.25) is 0 Å². The molecule has 1 atom stereocenters. The molecule has 2 rings (SSSR count). The lowest BCUT2D eigenvalue weighted by Crippen LogP contribution is -2.48. The molecule has 0 saturated heterocycles. The molecular formula is C17H27FN2. The topological polar surface area (TPSA) is 15.3 Å². The predicted molar refractivity (Wildman–Crippen MR) is 83.9 cm³/mol. The van der Waals surface area contributed by atoms with Crippen molar-refractivity contribution in [3.63, 3.8) is 0 Å². The molecule has 0 amide bonds. The standard InChI is InChI=1S/C17H27FN2/c1-6-19-11-13-8-14-12(3)10-17(4,5)20(7-2)16(14)9-15(13)18/h8-9,12,19H,6-7,10-11H2,1-5H3/t12-/m1/s1. The molecule has 1 aromatic carbocycles. The zero-order valence-corrected chi connectivity index (χ0v) is 13.4. The van der Waals surface area contributed by atoms with Gasteiger partial charge in [0.1, 0.15) is 5.82 Å². The molecule has 0 radical (unpaired) electrons. The number of anilines is 1. The minimum Gasteiger partial charge on any atom is -0.366 e. The van der Waals surface area contributed by atoms with Crippen LogP contribution in [0, 0.1) is 5.82 Å². The molecule has 0 aromatic heterocycles. The first-order valence-electron chi connectivity index (χ1n) is 7.71. The molecular weight excluding hydrogens is 251 g/mol. The van der Waals surface area contributed by atoms with Crippen molar-refractivity contribution < 1.29 is 4.39 Å². The van der Waals surface area contributed by atoms with E-state index in [1.54, 1.807) is 6.07 Å². The summed E-state index contributed by atoms with van der Waals surface area (Å²) in [5.41, 5.74) is 3.25. The van der Waals surface area contributed by atoms with Crippen molar-refractivity contribution in [2.45, 2.75) is 59.0 Å². The molecule has 0 aliphatic carbocycles. The number of nitrogens with one attached hydrogen (secondary N) is 1. The van der Waals surface area contributed by atoms with Gasteiger partial charge in [-0.2, -0.15) is 0 Å². The zero-order valence-electron chi connectivity index (χ0n) is 13.4. The van der Waals surface area contributed by atoms with Crippen LogP contribution in [0.5, 0.6) is 0 Å². The Morgan fingerprint density at radius 2 is 2.05 bits per heavy atom. The maximum absolute atomic E-state index is 14.3. The van der Waals surface area contributed by atoms with E-state index < -0.39 is 0 Å². The van der Waals surface area contributed by atoms with Gasteiger partial charge in [0, 0.05) is 29.9 Å². The van der Waals surface area contributed by atoms with Crippen LogP contribution in [0.15, 0.2) is 12.1 Å². The number of halogens is 1. The lowest BCUT2D eigenvalue weighted by molar-refractivity contribution is 0.380. The summed E-state index contributed by atoms with van der Waals surface area (Å²) in [6.45, 7) is 13.3. The predicted octanol–water partition coefficient (Wildman–Crippen LogP) is 4.05. The molecule has 0 fully saturated rings. The van der Waals surface area contributed by atoms with Gasteiger partial charge >= 0.3 is 0 Å². The second kappa shape index (κ2) is 5.72. The first-order chi connectivity index (χ1) is 9.40. The molecule has 1 N–H and O–H groups in total. The Labute approximate surface area is 122 Å². The third-order valence-corrected chi connectivity index (χ3v) is 4.44. The highest BCUT2D eigenvalue weighted by Gasteiger charge is 2.36. The van der Waals surface area contributed by atoms with Crippen LogP contribution in [0.3, 0.4) is 0 Å². The Hall–Kier alpha value is -1.09. The molecule has 0 unspecified atom stereocenters. The summed E-state index contributed by atoms with van der Waals surface area (Å²) in [6.07, 6.45) is 1.11. The fourth-order valence-corrected chi connectivity index (χ4v) is 3.54. The fourth-order valence-electron chi connectivity index (χ4n) is 3.54. The van der Waals surface area contributed by atoms with E-state index >= 15 is 0 Å². The summed E-state index contributed by atoms with van der Waals surface area (Å²) in [4.78, 5) is 2.34. The normalized spacial score (nSPS) is 20.9. The third-order valence-electron chi connectivity index (χ3n) is 4.44. The van der Waals surface area contributed by atoms with Gasteiger partial charge in [-0.25, -0.2) is 4.39 Å². The van der Waals surface area contributed by atoms with Crippen LogP contribution in [-0.2, 0) is 6.54 Å². The Morgan fingerprint density at radius 1 is 1.35 bits per heavy atom.